The number of hydrogen-bond acceptors (Lipinski definition) is 3. The molecule has 0 aliphatic rings. The van der Waals surface area contributed by atoms with Crippen LogP contribution >= 0.6 is 27.5 Å². The molecule has 4 nitrogen and oxygen atoms in total. The van der Waals surface area contributed by atoms with Crippen LogP contribution < -0.4 is 4.74 Å². The summed E-state index contributed by atoms with van der Waals surface area (Å²) in [6, 6.07) is 4.20. The third-order valence-electron chi connectivity index (χ3n) is 2.98. The average molecular weight is 351 g/mol. The van der Waals surface area contributed by atoms with Crippen LogP contribution in [-0.4, -0.2) is 16.9 Å². The maximum Gasteiger partial charge on any atom is 0.273 e. The second-order valence-electron chi connectivity index (χ2n) is 5.40. The number of hydrogen-bond donors (Lipinski definition) is 0. The standard InChI is InChI=1S/C13H17BrClNO3/c1-13(2,3)9(7-14)8-19-12-6-10(16(17)18)4-5-11(12)15/h4-6,9H,7-8H2,1-3H3. The fraction of sp³-hybridized carbons (Fsp3) is 0.538. The van der Waals surface area contributed by atoms with E-state index in [9.17, 15) is 10.1 Å². The molecule has 1 atom stereocenters. The smallest absolute Gasteiger partial charge is 0.273 e. The number of nitrogens with zero attached hydrogens (tertiary/aromatic N) is 1. The summed E-state index contributed by atoms with van der Waals surface area (Å²) in [5.41, 5.74) is 0.0574. The molecule has 0 saturated heterocycles. The van der Waals surface area contributed by atoms with Crippen molar-refractivity contribution in [2.45, 2.75) is 20.8 Å². The lowest BCUT2D eigenvalue weighted by Gasteiger charge is -2.29. The van der Waals surface area contributed by atoms with Crippen LogP contribution in [0, 0.1) is 21.4 Å². The van der Waals surface area contributed by atoms with Crippen LogP contribution in [0.5, 0.6) is 5.75 Å². The van der Waals surface area contributed by atoms with Gasteiger partial charge in [0.1, 0.15) is 5.75 Å². The van der Waals surface area contributed by atoms with Crippen molar-refractivity contribution < 1.29 is 9.66 Å². The molecule has 0 bridgehead atoms. The van der Waals surface area contributed by atoms with E-state index in [-0.39, 0.29) is 17.0 Å². The highest BCUT2D eigenvalue weighted by atomic mass is 79.9. The quantitative estimate of drug-likeness (QED) is 0.440. The number of nitro groups is 1. The Balaban J connectivity index is 2.82. The Morgan fingerprint density at radius 1 is 1.47 bits per heavy atom. The van der Waals surface area contributed by atoms with E-state index in [1.54, 1.807) is 0 Å². The Labute approximate surface area is 126 Å². The fourth-order valence-electron chi connectivity index (χ4n) is 1.43. The largest absolute Gasteiger partial charge is 0.491 e. The first-order valence-electron chi connectivity index (χ1n) is 5.88. The van der Waals surface area contributed by atoms with Gasteiger partial charge in [0.2, 0.25) is 0 Å². The van der Waals surface area contributed by atoms with E-state index in [0.717, 1.165) is 5.33 Å². The molecule has 1 aromatic carbocycles. The van der Waals surface area contributed by atoms with Crippen LogP contribution in [0.25, 0.3) is 0 Å². The van der Waals surface area contributed by atoms with E-state index >= 15 is 0 Å². The molecule has 0 amide bonds. The highest BCUT2D eigenvalue weighted by Gasteiger charge is 2.24. The Kier molecular flexibility index (Phi) is 5.62. The van der Waals surface area contributed by atoms with Gasteiger partial charge in [-0.15, -0.1) is 0 Å². The molecule has 0 fully saturated rings. The third kappa shape index (κ3) is 4.66. The average Bonchev–Trinajstić information content (AvgIpc) is 2.30. The summed E-state index contributed by atoms with van der Waals surface area (Å²) in [5, 5.41) is 11.9. The molecular formula is C13H17BrClNO3. The molecule has 0 spiro atoms. The first-order valence-corrected chi connectivity index (χ1v) is 7.38. The topological polar surface area (TPSA) is 52.4 Å². The van der Waals surface area contributed by atoms with Crippen molar-refractivity contribution >= 4 is 33.2 Å². The molecule has 6 heteroatoms. The van der Waals surface area contributed by atoms with Gasteiger partial charge in [0.15, 0.2) is 0 Å². The molecule has 106 valence electrons. The second kappa shape index (κ2) is 6.57. The van der Waals surface area contributed by atoms with E-state index in [1.807, 2.05) is 0 Å². The summed E-state index contributed by atoms with van der Waals surface area (Å²) in [4.78, 5) is 10.3. The molecule has 1 unspecified atom stereocenters. The van der Waals surface area contributed by atoms with E-state index in [4.69, 9.17) is 16.3 Å². The molecule has 0 aliphatic heterocycles. The summed E-state index contributed by atoms with van der Waals surface area (Å²) in [5.74, 6) is 0.633. The molecule has 0 N–H and O–H groups in total. The first-order chi connectivity index (χ1) is 8.75. The summed E-state index contributed by atoms with van der Waals surface area (Å²) in [6.07, 6.45) is 0. The number of halogens is 2. The molecule has 0 aromatic heterocycles. The molecule has 0 heterocycles. The van der Waals surface area contributed by atoms with Gasteiger partial charge in [0.25, 0.3) is 5.69 Å². The van der Waals surface area contributed by atoms with Gasteiger partial charge in [0, 0.05) is 17.3 Å². The van der Waals surface area contributed by atoms with Gasteiger partial charge in [-0.2, -0.15) is 0 Å². The predicted octanol–water partition coefficient (Wildman–Crippen LogP) is 4.68. The fourth-order valence-corrected chi connectivity index (χ4v) is 2.76. The minimum atomic E-state index is -0.463. The molecule has 1 rings (SSSR count). The van der Waals surface area contributed by atoms with Crippen molar-refractivity contribution in [2.75, 3.05) is 11.9 Å². The highest BCUT2D eigenvalue weighted by molar-refractivity contribution is 9.09. The van der Waals surface area contributed by atoms with Crippen LogP contribution in [-0.2, 0) is 0 Å². The lowest BCUT2D eigenvalue weighted by atomic mass is 9.83. The number of nitro benzene ring substituents is 1. The Morgan fingerprint density at radius 2 is 2.11 bits per heavy atom. The van der Waals surface area contributed by atoms with Gasteiger partial charge < -0.3 is 4.74 Å². The monoisotopic (exact) mass is 349 g/mol. The lowest BCUT2D eigenvalue weighted by molar-refractivity contribution is -0.384. The van der Waals surface area contributed by atoms with Gasteiger partial charge in [-0.25, -0.2) is 0 Å². The first kappa shape index (κ1) is 16.2. The van der Waals surface area contributed by atoms with Crippen molar-refractivity contribution in [3.8, 4) is 5.75 Å². The van der Waals surface area contributed by atoms with Gasteiger partial charge >= 0.3 is 0 Å². The zero-order chi connectivity index (χ0) is 14.6. The number of ether oxygens (including phenoxy) is 1. The number of rotatable bonds is 5. The van der Waals surface area contributed by atoms with Crippen molar-refractivity contribution in [1.82, 2.24) is 0 Å². The highest BCUT2D eigenvalue weighted by Crippen LogP contribution is 2.32. The number of alkyl halides is 1. The Morgan fingerprint density at radius 3 is 2.58 bits per heavy atom. The molecule has 19 heavy (non-hydrogen) atoms. The van der Waals surface area contributed by atoms with Gasteiger partial charge in [-0.05, 0) is 11.5 Å². The Bertz CT molecular complexity index is 460. The van der Waals surface area contributed by atoms with Crippen LogP contribution in [0.3, 0.4) is 0 Å². The van der Waals surface area contributed by atoms with Crippen LogP contribution in [0.2, 0.25) is 5.02 Å². The van der Waals surface area contributed by atoms with Crippen LogP contribution in [0.1, 0.15) is 20.8 Å². The SMILES string of the molecule is CC(C)(C)C(CBr)COc1cc([N+](=O)[O-])ccc1Cl. The Hall–Kier alpha value is -0.810. The maximum atomic E-state index is 10.7. The summed E-state index contributed by atoms with van der Waals surface area (Å²) in [7, 11) is 0. The van der Waals surface area contributed by atoms with Crippen LogP contribution in [0.15, 0.2) is 18.2 Å². The third-order valence-corrected chi connectivity index (χ3v) is 4.07. The summed E-state index contributed by atoms with van der Waals surface area (Å²) >= 11 is 9.44. The summed E-state index contributed by atoms with van der Waals surface area (Å²) in [6.45, 7) is 6.82. The zero-order valence-corrected chi connectivity index (χ0v) is 13.5. The molecule has 1 aromatic rings. The molecular weight excluding hydrogens is 334 g/mol. The molecule has 0 radical (unpaired) electrons. The van der Waals surface area contributed by atoms with Gasteiger partial charge in [-0.3, -0.25) is 10.1 Å². The minimum absolute atomic E-state index is 0.0226. The lowest BCUT2D eigenvalue weighted by Crippen LogP contribution is -2.27. The molecule has 0 aliphatic carbocycles. The number of benzene rings is 1. The van der Waals surface area contributed by atoms with Crippen molar-refractivity contribution in [3.05, 3.63) is 33.3 Å². The van der Waals surface area contributed by atoms with E-state index < -0.39 is 4.92 Å². The van der Waals surface area contributed by atoms with Gasteiger partial charge in [0.05, 0.1) is 22.6 Å². The second-order valence-corrected chi connectivity index (χ2v) is 6.45. The zero-order valence-electron chi connectivity index (χ0n) is 11.2. The normalized spacial score (nSPS) is 13.1. The minimum Gasteiger partial charge on any atom is -0.491 e. The van der Waals surface area contributed by atoms with Crippen molar-refractivity contribution in [3.63, 3.8) is 0 Å². The van der Waals surface area contributed by atoms with Gasteiger partial charge in [-0.1, -0.05) is 48.3 Å². The molecule has 0 saturated carbocycles. The summed E-state index contributed by atoms with van der Waals surface area (Å²) < 4.78 is 5.64. The van der Waals surface area contributed by atoms with Crippen molar-refractivity contribution in [2.24, 2.45) is 11.3 Å². The number of non-ortho nitro benzene ring substituents is 1. The van der Waals surface area contributed by atoms with E-state index in [2.05, 4.69) is 36.7 Å². The maximum absolute atomic E-state index is 10.7. The van der Waals surface area contributed by atoms with Crippen LogP contribution in [0.4, 0.5) is 5.69 Å². The van der Waals surface area contributed by atoms with E-state index in [1.165, 1.54) is 18.2 Å². The van der Waals surface area contributed by atoms with Crippen molar-refractivity contribution in [1.29, 1.82) is 0 Å². The van der Waals surface area contributed by atoms with E-state index in [0.29, 0.717) is 17.4 Å². The predicted molar refractivity (Wildman–Crippen MR) is 80.3 cm³/mol.